The molecule has 0 aliphatic rings. The minimum absolute atomic E-state index is 0.458. The van der Waals surface area contributed by atoms with E-state index in [9.17, 15) is 9.90 Å². The van der Waals surface area contributed by atoms with Crippen LogP contribution in [-0.4, -0.2) is 16.2 Å². The first kappa shape index (κ1) is 10.5. The number of halogens is 1. The molecular formula is C9H9IO3. The molecule has 70 valence electrons. The van der Waals surface area contributed by atoms with E-state index in [-0.39, 0.29) is 0 Å². The Kier molecular flexibility index (Phi) is 3.27. The highest BCUT2D eigenvalue weighted by molar-refractivity contribution is 14.1. The van der Waals surface area contributed by atoms with Gasteiger partial charge in [-0.3, -0.25) is 0 Å². The minimum atomic E-state index is -1.42. The van der Waals surface area contributed by atoms with Crippen molar-refractivity contribution >= 4 is 28.6 Å². The predicted molar refractivity (Wildman–Crippen MR) is 56.5 cm³/mol. The molecule has 1 unspecified atom stereocenters. The third kappa shape index (κ3) is 2.19. The van der Waals surface area contributed by atoms with Gasteiger partial charge in [0, 0.05) is 3.57 Å². The van der Waals surface area contributed by atoms with Gasteiger partial charge >= 0.3 is 5.97 Å². The summed E-state index contributed by atoms with van der Waals surface area (Å²) in [4.78, 5) is 10.5. The average molecular weight is 292 g/mol. The Hall–Kier alpha value is -0.620. The lowest BCUT2D eigenvalue weighted by atomic mass is 10.0. The molecule has 0 amide bonds. The fraction of sp³-hybridized carbons (Fsp3) is 0.222. The quantitative estimate of drug-likeness (QED) is 0.816. The molecule has 1 aromatic carbocycles. The molecule has 1 aromatic rings. The molecule has 0 heterocycles. The lowest BCUT2D eigenvalue weighted by Gasteiger charge is -2.10. The third-order valence-corrected chi connectivity index (χ3v) is 3.01. The summed E-state index contributed by atoms with van der Waals surface area (Å²) >= 11 is 2.10. The van der Waals surface area contributed by atoms with Crippen LogP contribution < -0.4 is 0 Å². The molecule has 0 aliphatic heterocycles. The SMILES string of the molecule is Cc1c(I)cccc1C(O)C(=O)O. The third-order valence-electron chi connectivity index (χ3n) is 1.84. The van der Waals surface area contributed by atoms with Crippen molar-refractivity contribution in [3.63, 3.8) is 0 Å². The second-order valence-corrected chi connectivity index (χ2v) is 3.86. The number of carboxylic acid groups (broad SMARTS) is 1. The summed E-state index contributed by atoms with van der Waals surface area (Å²) in [6.45, 7) is 1.79. The van der Waals surface area contributed by atoms with Gasteiger partial charge in [0.15, 0.2) is 6.10 Å². The summed E-state index contributed by atoms with van der Waals surface area (Å²) in [6.07, 6.45) is -1.42. The summed E-state index contributed by atoms with van der Waals surface area (Å²) in [5.41, 5.74) is 1.28. The van der Waals surface area contributed by atoms with E-state index in [0.717, 1.165) is 9.13 Å². The zero-order valence-corrected chi connectivity index (χ0v) is 9.15. The van der Waals surface area contributed by atoms with Crippen molar-refractivity contribution in [3.05, 3.63) is 32.9 Å². The molecule has 0 bridgehead atoms. The normalized spacial score (nSPS) is 12.5. The van der Waals surface area contributed by atoms with Crippen LogP contribution in [0.25, 0.3) is 0 Å². The van der Waals surface area contributed by atoms with Crippen LogP contribution >= 0.6 is 22.6 Å². The van der Waals surface area contributed by atoms with Crippen molar-refractivity contribution in [1.82, 2.24) is 0 Å². The summed E-state index contributed by atoms with van der Waals surface area (Å²) in [6, 6.07) is 5.22. The maximum Gasteiger partial charge on any atom is 0.337 e. The average Bonchev–Trinajstić information content (AvgIpc) is 2.08. The van der Waals surface area contributed by atoms with E-state index in [2.05, 4.69) is 22.6 Å². The number of benzene rings is 1. The van der Waals surface area contributed by atoms with Crippen molar-refractivity contribution in [2.75, 3.05) is 0 Å². The van der Waals surface area contributed by atoms with Crippen LogP contribution in [0.2, 0.25) is 0 Å². The predicted octanol–water partition coefficient (Wildman–Crippen LogP) is 1.72. The van der Waals surface area contributed by atoms with E-state index in [1.807, 2.05) is 6.07 Å². The Morgan fingerprint density at radius 3 is 2.69 bits per heavy atom. The van der Waals surface area contributed by atoms with Gasteiger partial charge in [-0.05, 0) is 46.7 Å². The summed E-state index contributed by atoms with van der Waals surface area (Å²) in [7, 11) is 0. The van der Waals surface area contributed by atoms with Crippen molar-refractivity contribution < 1.29 is 15.0 Å². The molecule has 2 N–H and O–H groups in total. The molecule has 1 atom stereocenters. The lowest BCUT2D eigenvalue weighted by Crippen LogP contribution is -2.12. The van der Waals surface area contributed by atoms with Crippen molar-refractivity contribution in [3.8, 4) is 0 Å². The van der Waals surface area contributed by atoms with Crippen LogP contribution in [0, 0.1) is 10.5 Å². The first-order chi connectivity index (χ1) is 6.04. The molecule has 4 heteroatoms. The van der Waals surface area contributed by atoms with Crippen molar-refractivity contribution in [2.24, 2.45) is 0 Å². The van der Waals surface area contributed by atoms with Gasteiger partial charge in [0.25, 0.3) is 0 Å². The Bertz CT molecular complexity index is 336. The zero-order valence-electron chi connectivity index (χ0n) is 6.99. The standard InChI is InChI=1S/C9H9IO3/c1-5-6(8(11)9(12)13)3-2-4-7(5)10/h2-4,8,11H,1H3,(H,12,13). The molecule has 0 fully saturated rings. The van der Waals surface area contributed by atoms with Crippen LogP contribution in [0.15, 0.2) is 18.2 Å². The first-order valence-corrected chi connectivity index (χ1v) is 4.78. The number of aliphatic carboxylic acids is 1. The number of carbonyl (C=O) groups is 1. The molecular weight excluding hydrogens is 283 g/mol. The highest BCUT2D eigenvalue weighted by Gasteiger charge is 2.18. The monoisotopic (exact) mass is 292 g/mol. The van der Waals surface area contributed by atoms with Crippen LogP contribution in [0.4, 0.5) is 0 Å². The maximum absolute atomic E-state index is 10.5. The Labute approximate surface area is 89.5 Å². The van der Waals surface area contributed by atoms with Crippen LogP contribution in [0.3, 0.4) is 0 Å². The molecule has 1 rings (SSSR count). The molecule has 13 heavy (non-hydrogen) atoms. The fourth-order valence-corrected chi connectivity index (χ4v) is 1.57. The number of rotatable bonds is 2. The second-order valence-electron chi connectivity index (χ2n) is 2.69. The summed E-state index contributed by atoms with van der Waals surface area (Å²) < 4.78 is 0.954. The minimum Gasteiger partial charge on any atom is -0.479 e. The molecule has 0 saturated heterocycles. The first-order valence-electron chi connectivity index (χ1n) is 3.70. The van der Waals surface area contributed by atoms with Gasteiger partial charge in [-0.2, -0.15) is 0 Å². The van der Waals surface area contributed by atoms with E-state index in [1.165, 1.54) is 0 Å². The highest BCUT2D eigenvalue weighted by Crippen LogP contribution is 2.21. The molecule has 0 aliphatic carbocycles. The number of hydrogen-bond donors (Lipinski definition) is 2. The highest BCUT2D eigenvalue weighted by atomic mass is 127. The number of aliphatic hydroxyl groups excluding tert-OH is 1. The number of hydrogen-bond acceptors (Lipinski definition) is 2. The van der Waals surface area contributed by atoms with E-state index in [4.69, 9.17) is 5.11 Å². The summed E-state index contributed by atoms with van der Waals surface area (Å²) in [5.74, 6) is -1.22. The summed E-state index contributed by atoms with van der Waals surface area (Å²) in [5, 5.41) is 17.9. The van der Waals surface area contributed by atoms with Gasteiger partial charge in [-0.15, -0.1) is 0 Å². The van der Waals surface area contributed by atoms with Gasteiger partial charge < -0.3 is 10.2 Å². The zero-order chi connectivity index (χ0) is 10.0. The number of aliphatic hydroxyl groups is 1. The van der Waals surface area contributed by atoms with Crippen LogP contribution in [0.5, 0.6) is 0 Å². The van der Waals surface area contributed by atoms with E-state index in [0.29, 0.717) is 5.56 Å². The van der Waals surface area contributed by atoms with E-state index >= 15 is 0 Å². The van der Waals surface area contributed by atoms with Crippen LogP contribution in [-0.2, 0) is 4.79 Å². The molecule has 3 nitrogen and oxygen atoms in total. The van der Waals surface area contributed by atoms with Gasteiger partial charge in [0.05, 0.1) is 0 Å². The fourth-order valence-electron chi connectivity index (χ4n) is 1.05. The topological polar surface area (TPSA) is 57.5 Å². The van der Waals surface area contributed by atoms with Crippen molar-refractivity contribution in [2.45, 2.75) is 13.0 Å². The molecule has 0 aromatic heterocycles. The van der Waals surface area contributed by atoms with E-state index < -0.39 is 12.1 Å². The second kappa shape index (κ2) is 4.06. The smallest absolute Gasteiger partial charge is 0.337 e. The van der Waals surface area contributed by atoms with Crippen LogP contribution in [0.1, 0.15) is 17.2 Å². The number of carboxylic acids is 1. The lowest BCUT2D eigenvalue weighted by molar-refractivity contribution is -0.147. The molecule has 0 saturated carbocycles. The molecule has 0 radical (unpaired) electrons. The van der Waals surface area contributed by atoms with Gasteiger partial charge in [0.2, 0.25) is 0 Å². The largest absolute Gasteiger partial charge is 0.479 e. The van der Waals surface area contributed by atoms with Gasteiger partial charge in [0.1, 0.15) is 0 Å². The molecule has 0 spiro atoms. The van der Waals surface area contributed by atoms with Gasteiger partial charge in [-0.1, -0.05) is 12.1 Å². The van der Waals surface area contributed by atoms with Crippen molar-refractivity contribution in [1.29, 1.82) is 0 Å². The Balaban J connectivity index is 3.15. The van der Waals surface area contributed by atoms with Gasteiger partial charge in [-0.25, -0.2) is 4.79 Å². The Morgan fingerprint density at radius 2 is 2.15 bits per heavy atom. The van der Waals surface area contributed by atoms with E-state index in [1.54, 1.807) is 19.1 Å². The maximum atomic E-state index is 10.5. The Morgan fingerprint density at radius 1 is 1.54 bits per heavy atom.